The summed E-state index contributed by atoms with van der Waals surface area (Å²) >= 11 is 0. The van der Waals surface area contributed by atoms with Gasteiger partial charge in [0.15, 0.2) is 0 Å². The van der Waals surface area contributed by atoms with Crippen molar-refractivity contribution in [1.29, 1.82) is 0 Å². The van der Waals surface area contributed by atoms with Crippen molar-refractivity contribution >= 4 is 10.9 Å². The van der Waals surface area contributed by atoms with Crippen molar-refractivity contribution in [3.8, 4) is 0 Å². The van der Waals surface area contributed by atoms with Crippen molar-refractivity contribution < 1.29 is 13.2 Å². The Balaban J connectivity index is 1.84. The van der Waals surface area contributed by atoms with Crippen LogP contribution >= 0.6 is 0 Å². The van der Waals surface area contributed by atoms with Gasteiger partial charge in [0.25, 0.3) is 0 Å². The Hall–Kier alpha value is -1.49. The number of aryl methyl sites for hydroxylation is 1. The third-order valence-corrected chi connectivity index (χ3v) is 3.79. The molecule has 0 saturated heterocycles. The first-order valence-corrected chi connectivity index (χ1v) is 6.34. The van der Waals surface area contributed by atoms with Gasteiger partial charge in [-0.15, -0.1) is 0 Å². The van der Waals surface area contributed by atoms with Crippen LogP contribution in [0.15, 0.2) is 24.3 Å². The molecule has 1 fully saturated rings. The van der Waals surface area contributed by atoms with Crippen molar-refractivity contribution in [1.82, 2.24) is 4.98 Å². The molecule has 5 heteroatoms. The molecule has 1 heterocycles. The number of hydrogen-bond donors (Lipinski definition) is 2. The zero-order valence-electron chi connectivity index (χ0n) is 10.3. The molecule has 2 nitrogen and oxygen atoms in total. The van der Waals surface area contributed by atoms with E-state index in [4.69, 9.17) is 5.73 Å². The average molecular weight is 268 g/mol. The van der Waals surface area contributed by atoms with Gasteiger partial charge >= 0.3 is 6.18 Å². The molecule has 0 aliphatic heterocycles. The second kappa shape index (κ2) is 4.00. The summed E-state index contributed by atoms with van der Waals surface area (Å²) in [6.07, 6.45) is -0.538. The Bertz CT molecular complexity index is 609. The van der Waals surface area contributed by atoms with E-state index in [9.17, 15) is 13.2 Å². The van der Waals surface area contributed by atoms with Crippen LogP contribution in [0.1, 0.15) is 30.5 Å². The van der Waals surface area contributed by atoms with Gasteiger partial charge < -0.3 is 10.7 Å². The van der Waals surface area contributed by atoms with Crippen molar-refractivity contribution in [3.05, 3.63) is 35.5 Å². The lowest BCUT2D eigenvalue weighted by Gasteiger charge is -2.06. The van der Waals surface area contributed by atoms with Crippen molar-refractivity contribution in [2.75, 3.05) is 0 Å². The summed E-state index contributed by atoms with van der Waals surface area (Å²) in [5, 5.41) is 0.810. The lowest BCUT2D eigenvalue weighted by molar-refractivity contribution is -0.137. The third kappa shape index (κ3) is 2.61. The summed E-state index contributed by atoms with van der Waals surface area (Å²) in [5.41, 5.74) is 6.84. The molecule has 0 spiro atoms. The molecule has 2 aromatic rings. The molecule has 1 saturated carbocycles. The number of H-pyrrole nitrogens is 1. The number of alkyl halides is 3. The molecule has 3 rings (SSSR count). The predicted octanol–water partition coefficient (Wildman–Crippen LogP) is 3.61. The Morgan fingerprint density at radius 3 is 2.58 bits per heavy atom. The van der Waals surface area contributed by atoms with E-state index in [0.29, 0.717) is 5.52 Å². The van der Waals surface area contributed by atoms with Gasteiger partial charge in [-0.05, 0) is 49.3 Å². The standard InChI is InChI=1S/C14H15F3N2/c15-14(16,17)10-2-1-9-7-11(19-12(9)8-10)3-4-13(18)5-6-13/h1-2,7-8,19H,3-6,18H2. The van der Waals surface area contributed by atoms with Crippen LogP contribution in [-0.4, -0.2) is 10.5 Å². The van der Waals surface area contributed by atoms with Gasteiger partial charge in [-0.25, -0.2) is 0 Å². The maximum Gasteiger partial charge on any atom is 0.416 e. The van der Waals surface area contributed by atoms with E-state index in [1.165, 1.54) is 6.07 Å². The van der Waals surface area contributed by atoms with Gasteiger partial charge in [-0.1, -0.05) is 6.07 Å². The number of halogens is 3. The summed E-state index contributed by atoms with van der Waals surface area (Å²) in [6.45, 7) is 0. The molecule has 1 aromatic heterocycles. The molecular formula is C14H15F3N2. The summed E-state index contributed by atoms with van der Waals surface area (Å²) in [7, 11) is 0. The van der Waals surface area contributed by atoms with Crippen molar-refractivity contribution in [3.63, 3.8) is 0 Å². The van der Waals surface area contributed by atoms with Gasteiger partial charge in [0.1, 0.15) is 0 Å². The molecule has 3 N–H and O–H groups in total. The van der Waals surface area contributed by atoms with Crippen LogP contribution in [0.2, 0.25) is 0 Å². The summed E-state index contributed by atoms with van der Waals surface area (Å²) < 4.78 is 37.8. The van der Waals surface area contributed by atoms with Crippen LogP contribution < -0.4 is 5.73 Å². The minimum Gasteiger partial charge on any atom is -0.358 e. The molecule has 1 aromatic carbocycles. The molecule has 1 aliphatic rings. The Labute approximate surface area is 108 Å². The molecule has 0 radical (unpaired) electrons. The molecule has 0 bridgehead atoms. The summed E-state index contributed by atoms with van der Waals surface area (Å²) in [6, 6.07) is 5.69. The highest BCUT2D eigenvalue weighted by Gasteiger charge is 2.37. The molecule has 1 aliphatic carbocycles. The van der Waals surface area contributed by atoms with E-state index in [1.54, 1.807) is 0 Å². The number of rotatable bonds is 3. The maximum atomic E-state index is 12.6. The molecule has 19 heavy (non-hydrogen) atoms. The minimum absolute atomic E-state index is 0.0333. The summed E-state index contributed by atoms with van der Waals surface area (Å²) in [5.74, 6) is 0. The fourth-order valence-electron chi connectivity index (χ4n) is 2.29. The second-order valence-corrected chi connectivity index (χ2v) is 5.46. The minimum atomic E-state index is -4.30. The van der Waals surface area contributed by atoms with Crippen molar-refractivity contribution in [2.24, 2.45) is 5.73 Å². The smallest absolute Gasteiger partial charge is 0.358 e. The third-order valence-electron chi connectivity index (χ3n) is 3.79. The first kappa shape index (κ1) is 12.5. The Kier molecular flexibility index (Phi) is 2.64. The normalized spacial score (nSPS) is 17.9. The van der Waals surface area contributed by atoms with E-state index < -0.39 is 11.7 Å². The highest BCUT2D eigenvalue weighted by atomic mass is 19.4. The number of fused-ring (bicyclic) bond motifs is 1. The van der Waals surface area contributed by atoms with Crippen LogP contribution in [0, 0.1) is 0 Å². The number of hydrogen-bond acceptors (Lipinski definition) is 1. The van der Waals surface area contributed by atoms with E-state index in [1.807, 2.05) is 6.07 Å². The summed E-state index contributed by atoms with van der Waals surface area (Å²) in [4.78, 5) is 3.05. The quantitative estimate of drug-likeness (QED) is 0.877. The van der Waals surface area contributed by atoms with Crippen LogP contribution in [0.25, 0.3) is 10.9 Å². The van der Waals surface area contributed by atoms with Gasteiger partial charge in [0.2, 0.25) is 0 Å². The van der Waals surface area contributed by atoms with Crippen LogP contribution in [0.3, 0.4) is 0 Å². The first-order valence-electron chi connectivity index (χ1n) is 6.34. The highest BCUT2D eigenvalue weighted by Crippen LogP contribution is 2.37. The highest BCUT2D eigenvalue weighted by molar-refractivity contribution is 5.81. The Morgan fingerprint density at radius 2 is 1.95 bits per heavy atom. The maximum absolute atomic E-state index is 12.6. The average Bonchev–Trinajstić information content (AvgIpc) is 2.91. The molecule has 102 valence electrons. The number of nitrogens with one attached hydrogen (secondary N) is 1. The van der Waals surface area contributed by atoms with Gasteiger partial charge in [0.05, 0.1) is 5.56 Å². The SMILES string of the molecule is NC1(CCc2cc3ccc(C(F)(F)F)cc3[nH]2)CC1. The van der Waals surface area contributed by atoms with Gasteiger partial charge in [-0.2, -0.15) is 13.2 Å². The second-order valence-electron chi connectivity index (χ2n) is 5.46. The topological polar surface area (TPSA) is 41.8 Å². The number of aromatic amines is 1. The number of nitrogens with two attached hydrogens (primary N) is 1. The van der Waals surface area contributed by atoms with Gasteiger partial charge in [-0.3, -0.25) is 0 Å². The van der Waals surface area contributed by atoms with Crippen molar-refractivity contribution in [2.45, 2.75) is 37.4 Å². The van der Waals surface area contributed by atoms with E-state index >= 15 is 0 Å². The number of aromatic nitrogens is 1. The molecule has 0 atom stereocenters. The first-order chi connectivity index (χ1) is 8.86. The van der Waals surface area contributed by atoms with Gasteiger partial charge in [0, 0.05) is 16.7 Å². The fraction of sp³-hybridized carbons (Fsp3) is 0.429. The largest absolute Gasteiger partial charge is 0.416 e. The number of benzene rings is 1. The molecular weight excluding hydrogens is 253 g/mol. The lowest BCUT2D eigenvalue weighted by atomic mass is 10.1. The zero-order chi connectivity index (χ0) is 13.7. The molecule has 0 unspecified atom stereocenters. The fourth-order valence-corrected chi connectivity index (χ4v) is 2.29. The predicted molar refractivity (Wildman–Crippen MR) is 67.8 cm³/mol. The molecule has 0 amide bonds. The van der Waals surface area contributed by atoms with Crippen LogP contribution in [-0.2, 0) is 12.6 Å². The van der Waals surface area contributed by atoms with Crippen LogP contribution in [0.5, 0.6) is 0 Å². The Morgan fingerprint density at radius 1 is 1.21 bits per heavy atom. The van der Waals surface area contributed by atoms with E-state index in [-0.39, 0.29) is 5.54 Å². The lowest BCUT2D eigenvalue weighted by Crippen LogP contribution is -2.22. The van der Waals surface area contributed by atoms with E-state index in [2.05, 4.69) is 4.98 Å². The zero-order valence-corrected chi connectivity index (χ0v) is 10.3. The van der Waals surface area contributed by atoms with Crippen LogP contribution in [0.4, 0.5) is 13.2 Å². The monoisotopic (exact) mass is 268 g/mol. The van der Waals surface area contributed by atoms with E-state index in [0.717, 1.165) is 48.9 Å².